The van der Waals surface area contributed by atoms with Gasteiger partial charge in [-0.15, -0.1) is 0 Å². The SMILES string of the molecule is O=C(NCC1CCCO1)C(c1ccc(F)cc1)N(C(=O)c1ccc(CN2CCCCC2)o1)C1CCN(Cc2ccccc2)CC1. The molecule has 8 nitrogen and oxygen atoms in total. The maximum atomic E-state index is 14.5. The fraction of sp³-hybridized carbons (Fsp3) is 0.500. The molecule has 3 aromatic rings. The second kappa shape index (κ2) is 15.2. The first-order valence-corrected chi connectivity index (χ1v) is 16.6. The van der Waals surface area contributed by atoms with Gasteiger partial charge in [-0.05, 0) is 87.0 Å². The van der Waals surface area contributed by atoms with Crippen LogP contribution in [0, 0.1) is 5.82 Å². The third kappa shape index (κ3) is 8.20. The third-order valence-corrected chi connectivity index (χ3v) is 9.37. The largest absolute Gasteiger partial charge is 0.455 e. The molecule has 3 fully saturated rings. The Morgan fingerprint density at radius 1 is 0.844 bits per heavy atom. The zero-order valence-corrected chi connectivity index (χ0v) is 26.0. The fourth-order valence-corrected chi connectivity index (χ4v) is 6.93. The Balaban J connectivity index is 1.26. The van der Waals surface area contributed by atoms with Gasteiger partial charge in [0, 0.05) is 38.8 Å². The Kier molecular flexibility index (Phi) is 10.6. The quantitative estimate of drug-likeness (QED) is 0.305. The first-order chi connectivity index (χ1) is 22.0. The van der Waals surface area contributed by atoms with E-state index in [4.69, 9.17) is 9.15 Å². The summed E-state index contributed by atoms with van der Waals surface area (Å²) in [5, 5.41) is 3.07. The lowest BCUT2D eigenvalue weighted by molar-refractivity contribution is -0.127. The fourth-order valence-electron chi connectivity index (χ4n) is 6.93. The zero-order chi connectivity index (χ0) is 31.0. The molecule has 0 radical (unpaired) electrons. The van der Waals surface area contributed by atoms with Crippen LogP contribution in [-0.2, 0) is 22.6 Å². The standard InChI is InChI=1S/C36H45FN4O4/c37-29-13-11-28(12-14-29)34(35(42)38-24-31-10-7-23-44-31)41(30-17-21-40(22-18-30)25-27-8-3-1-4-9-27)36(43)33-16-15-32(45-33)26-39-19-5-2-6-20-39/h1,3-4,8-9,11-16,30-31,34H,2,5-7,10,17-26H2,(H,38,42). The minimum Gasteiger partial charge on any atom is -0.455 e. The Labute approximate surface area is 265 Å². The lowest BCUT2D eigenvalue weighted by Gasteiger charge is -2.41. The number of piperidine rings is 2. The molecule has 9 heteroatoms. The molecule has 0 bridgehead atoms. The van der Waals surface area contributed by atoms with Crippen LogP contribution in [0.5, 0.6) is 0 Å². The molecule has 2 unspecified atom stereocenters. The number of hydrogen-bond donors (Lipinski definition) is 1. The minimum absolute atomic E-state index is 0.0457. The van der Waals surface area contributed by atoms with Crippen LogP contribution in [0.15, 0.2) is 71.1 Å². The van der Waals surface area contributed by atoms with Crippen LogP contribution in [0.25, 0.3) is 0 Å². The van der Waals surface area contributed by atoms with Crippen molar-refractivity contribution in [1.82, 2.24) is 20.0 Å². The summed E-state index contributed by atoms with van der Waals surface area (Å²) in [5.74, 6) is -0.0233. The van der Waals surface area contributed by atoms with E-state index >= 15 is 0 Å². The molecule has 240 valence electrons. The molecule has 0 saturated carbocycles. The molecule has 1 N–H and O–H groups in total. The van der Waals surface area contributed by atoms with Crippen LogP contribution in [-0.4, -0.2) is 78.0 Å². The number of ether oxygens (including phenoxy) is 1. The number of nitrogens with zero attached hydrogens (tertiary/aromatic N) is 3. The summed E-state index contributed by atoms with van der Waals surface area (Å²) in [5.41, 5.74) is 1.82. The molecule has 0 aliphatic carbocycles. The predicted molar refractivity (Wildman–Crippen MR) is 170 cm³/mol. The van der Waals surface area contributed by atoms with E-state index in [2.05, 4.69) is 27.2 Å². The number of carbonyl (C=O) groups excluding carboxylic acids is 2. The second-order valence-corrected chi connectivity index (χ2v) is 12.6. The smallest absolute Gasteiger partial charge is 0.290 e. The monoisotopic (exact) mass is 616 g/mol. The summed E-state index contributed by atoms with van der Waals surface area (Å²) < 4.78 is 26.0. The van der Waals surface area contributed by atoms with Crippen molar-refractivity contribution in [1.29, 1.82) is 0 Å². The van der Waals surface area contributed by atoms with E-state index in [0.29, 0.717) is 38.1 Å². The molecule has 1 aromatic heterocycles. The Morgan fingerprint density at radius 2 is 1.58 bits per heavy atom. The van der Waals surface area contributed by atoms with Crippen molar-refractivity contribution in [3.8, 4) is 0 Å². The van der Waals surface area contributed by atoms with Gasteiger partial charge >= 0.3 is 0 Å². The number of furan rings is 1. The number of rotatable bonds is 11. The zero-order valence-electron chi connectivity index (χ0n) is 26.0. The van der Waals surface area contributed by atoms with E-state index in [9.17, 15) is 14.0 Å². The molecule has 0 spiro atoms. The number of amides is 2. The number of likely N-dealkylation sites (tertiary alicyclic amines) is 2. The van der Waals surface area contributed by atoms with Gasteiger partial charge in [-0.3, -0.25) is 19.4 Å². The molecule has 3 aliphatic heterocycles. The number of carbonyl (C=O) groups is 2. The van der Waals surface area contributed by atoms with Crippen molar-refractivity contribution >= 4 is 11.8 Å². The van der Waals surface area contributed by atoms with Crippen LogP contribution >= 0.6 is 0 Å². The van der Waals surface area contributed by atoms with Crippen molar-refractivity contribution < 1.29 is 23.1 Å². The van der Waals surface area contributed by atoms with Crippen molar-refractivity contribution in [3.05, 3.63) is 95.2 Å². The van der Waals surface area contributed by atoms with E-state index in [1.165, 1.54) is 37.0 Å². The molecule has 2 aromatic carbocycles. The molecular formula is C36H45FN4O4. The summed E-state index contributed by atoms with van der Waals surface area (Å²) in [6.45, 7) is 6.17. The highest BCUT2D eigenvalue weighted by Gasteiger charge is 2.39. The summed E-state index contributed by atoms with van der Waals surface area (Å²) in [6, 6.07) is 18.8. The van der Waals surface area contributed by atoms with Gasteiger partial charge in [0.15, 0.2) is 5.76 Å². The van der Waals surface area contributed by atoms with E-state index in [1.54, 1.807) is 23.1 Å². The average Bonchev–Trinajstić information content (AvgIpc) is 3.77. The molecule has 3 aliphatic rings. The second-order valence-electron chi connectivity index (χ2n) is 12.6. The first-order valence-electron chi connectivity index (χ1n) is 16.6. The predicted octanol–water partition coefficient (Wildman–Crippen LogP) is 5.55. The molecule has 2 amide bonds. The Morgan fingerprint density at radius 3 is 2.29 bits per heavy atom. The highest BCUT2D eigenvalue weighted by atomic mass is 19.1. The maximum Gasteiger partial charge on any atom is 0.290 e. The average molecular weight is 617 g/mol. The maximum absolute atomic E-state index is 14.5. The minimum atomic E-state index is -0.944. The Hall–Kier alpha value is -3.53. The van der Waals surface area contributed by atoms with Crippen molar-refractivity contribution in [3.63, 3.8) is 0 Å². The Bertz CT molecular complexity index is 1380. The summed E-state index contributed by atoms with van der Waals surface area (Å²) >= 11 is 0. The van der Waals surface area contributed by atoms with Gasteiger partial charge in [0.05, 0.1) is 12.6 Å². The van der Waals surface area contributed by atoms with E-state index in [1.807, 2.05) is 24.3 Å². The molecule has 45 heavy (non-hydrogen) atoms. The number of benzene rings is 2. The molecule has 6 rings (SSSR count). The highest BCUT2D eigenvalue weighted by Crippen LogP contribution is 2.32. The third-order valence-electron chi connectivity index (χ3n) is 9.37. The van der Waals surface area contributed by atoms with Gasteiger partial charge in [-0.1, -0.05) is 48.9 Å². The van der Waals surface area contributed by atoms with Crippen LogP contribution in [0.3, 0.4) is 0 Å². The first kappa shape index (κ1) is 31.5. The van der Waals surface area contributed by atoms with Gasteiger partial charge in [0.2, 0.25) is 5.91 Å². The normalized spacial score (nSPS) is 20.6. The van der Waals surface area contributed by atoms with E-state index < -0.39 is 11.9 Å². The van der Waals surface area contributed by atoms with E-state index in [-0.39, 0.29) is 29.7 Å². The topological polar surface area (TPSA) is 78.3 Å². The lowest BCUT2D eigenvalue weighted by Crippen LogP contribution is -2.52. The summed E-state index contributed by atoms with van der Waals surface area (Å²) in [7, 11) is 0. The number of hydrogen-bond acceptors (Lipinski definition) is 6. The van der Waals surface area contributed by atoms with Crippen molar-refractivity contribution in [2.24, 2.45) is 0 Å². The van der Waals surface area contributed by atoms with Crippen molar-refractivity contribution in [2.45, 2.75) is 76.2 Å². The molecular weight excluding hydrogens is 571 g/mol. The summed E-state index contributed by atoms with van der Waals surface area (Å²) in [4.78, 5) is 35.0. The summed E-state index contributed by atoms with van der Waals surface area (Å²) in [6.07, 6.45) is 6.80. The van der Waals surface area contributed by atoms with Gasteiger partial charge < -0.3 is 19.4 Å². The van der Waals surface area contributed by atoms with Gasteiger partial charge in [-0.2, -0.15) is 0 Å². The van der Waals surface area contributed by atoms with Crippen LogP contribution in [0.1, 0.15) is 78.4 Å². The van der Waals surface area contributed by atoms with Gasteiger partial charge in [-0.25, -0.2) is 4.39 Å². The van der Waals surface area contributed by atoms with Crippen LogP contribution < -0.4 is 5.32 Å². The van der Waals surface area contributed by atoms with Crippen molar-refractivity contribution in [2.75, 3.05) is 39.3 Å². The van der Waals surface area contributed by atoms with E-state index in [0.717, 1.165) is 51.3 Å². The van der Waals surface area contributed by atoms with Gasteiger partial charge in [0.1, 0.15) is 17.6 Å². The number of nitrogens with one attached hydrogen (secondary N) is 1. The number of halogens is 1. The molecule has 4 heterocycles. The van der Waals surface area contributed by atoms with Crippen LogP contribution in [0.4, 0.5) is 4.39 Å². The molecule has 2 atom stereocenters. The van der Waals surface area contributed by atoms with Crippen LogP contribution in [0.2, 0.25) is 0 Å². The molecule has 3 saturated heterocycles. The van der Waals surface area contributed by atoms with Gasteiger partial charge in [0.25, 0.3) is 5.91 Å². The lowest BCUT2D eigenvalue weighted by atomic mass is 9.96. The highest BCUT2D eigenvalue weighted by molar-refractivity contribution is 5.96.